The van der Waals surface area contributed by atoms with E-state index in [1.54, 1.807) is 12.1 Å². The SMILES string of the molecule is CSc1ccccc1C(=O)OCC(=O)N[C@H](c1ccc2c(c1)OCCO2)C(C)C. The molecule has 1 heterocycles. The maximum Gasteiger partial charge on any atom is 0.339 e. The molecule has 0 saturated heterocycles. The maximum absolute atomic E-state index is 12.5. The van der Waals surface area contributed by atoms with E-state index in [2.05, 4.69) is 5.32 Å². The lowest BCUT2D eigenvalue weighted by Gasteiger charge is -2.25. The largest absolute Gasteiger partial charge is 0.486 e. The lowest BCUT2D eigenvalue weighted by atomic mass is 9.95. The zero-order chi connectivity index (χ0) is 20.8. The van der Waals surface area contributed by atoms with Crippen molar-refractivity contribution < 1.29 is 23.8 Å². The van der Waals surface area contributed by atoms with Crippen LogP contribution >= 0.6 is 11.8 Å². The quantitative estimate of drug-likeness (QED) is 0.547. The van der Waals surface area contributed by atoms with Gasteiger partial charge >= 0.3 is 5.97 Å². The van der Waals surface area contributed by atoms with Crippen molar-refractivity contribution >= 4 is 23.6 Å². The number of hydrogen-bond acceptors (Lipinski definition) is 6. The first-order chi connectivity index (χ1) is 14.0. The number of nitrogens with one attached hydrogen (secondary N) is 1. The van der Waals surface area contributed by atoms with Gasteiger partial charge in [-0.1, -0.05) is 32.0 Å². The Morgan fingerprint density at radius 2 is 1.83 bits per heavy atom. The van der Waals surface area contributed by atoms with Gasteiger partial charge in [0.25, 0.3) is 5.91 Å². The van der Waals surface area contributed by atoms with Crippen molar-refractivity contribution in [3.05, 3.63) is 53.6 Å². The third kappa shape index (κ3) is 5.23. The van der Waals surface area contributed by atoms with Gasteiger partial charge in [-0.05, 0) is 42.0 Å². The number of carbonyl (C=O) groups is 2. The Balaban J connectivity index is 1.63. The fourth-order valence-electron chi connectivity index (χ4n) is 3.13. The summed E-state index contributed by atoms with van der Waals surface area (Å²) in [7, 11) is 0. The number of benzene rings is 2. The Labute approximate surface area is 174 Å². The monoisotopic (exact) mass is 415 g/mol. The molecular weight excluding hydrogens is 390 g/mol. The Morgan fingerprint density at radius 3 is 2.55 bits per heavy atom. The van der Waals surface area contributed by atoms with E-state index in [0.29, 0.717) is 30.3 Å². The molecule has 1 aliphatic rings. The number of hydrogen-bond donors (Lipinski definition) is 1. The zero-order valence-electron chi connectivity index (χ0n) is 16.8. The van der Waals surface area contributed by atoms with E-state index in [4.69, 9.17) is 14.2 Å². The molecule has 2 aromatic carbocycles. The number of esters is 1. The van der Waals surface area contributed by atoms with E-state index in [1.807, 2.05) is 50.4 Å². The van der Waals surface area contributed by atoms with Gasteiger partial charge < -0.3 is 19.5 Å². The summed E-state index contributed by atoms with van der Waals surface area (Å²) in [6.07, 6.45) is 1.89. The highest BCUT2D eigenvalue weighted by Crippen LogP contribution is 2.34. The molecule has 0 saturated carbocycles. The van der Waals surface area contributed by atoms with Crippen LogP contribution in [0.15, 0.2) is 47.4 Å². The molecule has 1 atom stereocenters. The Kier molecular flexibility index (Phi) is 7.04. The van der Waals surface area contributed by atoms with Gasteiger partial charge in [-0.2, -0.15) is 0 Å². The highest BCUT2D eigenvalue weighted by Gasteiger charge is 2.22. The minimum Gasteiger partial charge on any atom is -0.486 e. The summed E-state index contributed by atoms with van der Waals surface area (Å²) in [5, 5.41) is 2.96. The average molecular weight is 416 g/mol. The number of rotatable bonds is 7. The number of ether oxygens (including phenoxy) is 3. The first kappa shape index (κ1) is 21.0. The molecular formula is C22H25NO5S. The van der Waals surface area contributed by atoms with E-state index in [1.165, 1.54) is 11.8 Å². The van der Waals surface area contributed by atoms with Gasteiger partial charge in [-0.25, -0.2) is 4.79 Å². The Morgan fingerprint density at radius 1 is 1.10 bits per heavy atom. The molecule has 0 unspecified atom stereocenters. The minimum atomic E-state index is -0.509. The first-order valence-electron chi connectivity index (χ1n) is 9.48. The van der Waals surface area contributed by atoms with Crippen molar-refractivity contribution in [2.24, 2.45) is 5.92 Å². The molecule has 154 valence electrons. The summed E-state index contributed by atoms with van der Waals surface area (Å²) in [6.45, 7) is 4.73. The second-order valence-corrected chi connectivity index (χ2v) is 7.82. The predicted octanol–water partition coefficient (Wildman–Crippen LogP) is 3.85. The van der Waals surface area contributed by atoms with E-state index in [0.717, 1.165) is 10.5 Å². The molecule has 6 nitrogen and oxygen atoms in total. The van der Waals surface area contributed by atoms with Crippen LogP contribution in [-0.4, -0.2) is 38.0 Å². The van der Waals surface area contributed by atoms with Crippen LogP contribution in [0, 0.1) is 5.92 Å². The van der Waals surface area contributed by atoms with Gasteiger partial charge in [0.1, 0.15) is 13.2 Å². The van der Waals surface area contributed by atoms with Crippen molar-refractivity contribution in [2.45, 2.75) is 24.8 Å². The van der Waals surface area contributed by atoms with Crippen LogP contribution in [-0.2, 0) is 9.53 Å². The van der Waals surface area contributed by atoms with Crippen LogP contribution in [0.3, 0.4) is 0 Å². The number of amides is 1. The topological polar surface area (TPSA) is 73.9 Å². The maximum atomic E-state index is 12.5. The van der Waals surface area contributed by atoms with Crippen molar-refractivity contribution in [3.63, 3.8) is 0 Å². The van der Waals surface area contributed by atoms with Crippen LogP contribution in [0.4, 0.5) is 0 Å². The van der Waals surface area contributed by atoms with Gasteiger partial charge in [0, 0.05) is 4.90 Å². The molecule has 3 rings (SSSR count). The number of thioether (sulfide) groups is 1. The normalized spacial score (nSPS) is 13.7. The molecule has 0 aromatic heterocycles. The number of carbonyl (C=O) groups excluding carboxylic acids is 2. The molecule has 1 aliphatic heterocycles. The van der Waals surface area contributed by atoms with Crippen LogP contribution < -0.4 is 14.8 Å². The predicted molar refractivity (Wildman–Crippen MR) is 112 cm³/mol. The van der Waals surface area contributed by atoms with Crippen LogP contribution in [0.2, 0.25) is 0 Å². The van der Waals surface area contributed by atoms with Gasteiger partial charge in [0.15, 0.2) is 18.1 Å². The van der Waals surface area contributed by atoms with E-state index >= 15 is 0 Å². The Bertz CT molecular complexity index is 883. The van der Waals surface area contributed by atoms with Crippen molar-refractivity contribution in [1.82, 2.24) is 5.32 Å². The molecule has 7 heteroatoms. The summed E-state index contributed by atoms with van der Waals surface area (Å²) >= 11 is 1.46. The summed E-state index contributed by atoms with van der Waals surface area (Å²) in [4.78, 5) is 25.6. The molecule has 1 N–H and O–H groups in total. The summed E-state index contributed by atoms with van der Waals surface area (Å²) < 4.78 is 16.4. The van der Waals surface area contributed by atoms with E-state index in [9.17, 15) is 9.59 Å². The molecule has 0 radical (unpaired) electrons. The summed E-state index contributed by atoms with van der Waals surface area (Å²) in [6, 6.07) is 12.6. The summed E-state index contributed by atoms with van der Waals surface area (Å²) in [5.74, 6) is 0.650. The first-order valence-corrected chi connectivity index (χ1v) is 10.7. The smallest absolute Gasteiger partial charge is 0.339 e. The molecule has 0 spiro atoms. The lowest BCUT2D eigenvalue weighted by molar-refractivity contribution is -0.125. The third-order valence-corrected chi connectivity index (χ3v) is 5.37. The van der Waals surface area contributed by atoms with Crippen molar-refractivity contribution in [3.8, 4) is 11.5 Å². The average Bonchev–Trinajstić information content (AvgIpc) is 2.75. The van der Waals surface area contributed by atoms with Crippen LogP contribution in [0.25, 0.3) is 0 Å². The fraction of sp³-hybridized carbons (Fsp3) is 0.364. The molecule has 1 amide bonds. The zero-order valence-corrected chi connectivity index (χ0v) is 17.6. The molecule has 29 heavy (non-hydrogen) atoms. The van der Waals surface area contributed by atoms with E-state index in [-0.39, 0.29) is 24.5 Å². The molecule has 0 bridgehead atoms. The van der Waals surface area contributed by atoms with Crippen LogP contribution in [0.5, 0.6) is 11.5 Å². The molecule has 2 aromatic rings. The second kappa shape index (κ2) is 9.69. The molecule has 0 aliphatic carbocycles. The van der Waals surface area contributed by atoms with Gasteiger partial charge in [0.05, 0.1) is 11.6 Å². The van der Waals surface area contributed by atoms with Crippen molar-refractivity contribution in [2.75, 3.05) is 26.1 Å². The third-order valence-electron chi connectivity index (χ3n) is 4.57. The molecule has 0 fully saturated rings. The van der Waals surface area contributed by atoms with Crippen molar-refractivity contribution in [1.29, 1.82) is 0 Å². The van der Waals surface area contributed by atoms with Gasteiger partial charge in [-0.3, -0.25) is 4.79 Å². The second-order valence-electron chi connectivity index (χ2n) is 6.97. The lowest BCUT2D eigenvalue weighted by Crippen LogP contribution is -2.35. The minimum absolute atomic E-state index is 0.134. The number of fused-ring (bicyclic) bond motifs is 1. The van der Waals surface area contributed by atoms with Crippen LogP contribution in [0.1, 0.15) is 35.8 Å². The Hall–Kier alpha value is -2.67. The van der Waals surface area contributed by atoms with Gasteiger partial charge in [-0.15, -0.1) is 11.8 Å². The van der Waals surface area contributed by atoms with E-state index < -0.39 is 5.97 Å². The fourth-order valence-corrected chi connectivity index (χ4v) is 3.71. The highest BCUT2D eigenvalue weighted by molar-refractivity contribution is 7.98. The summed E-state index contributed by atoms with van der Waals surface area (Å²) in [5.41, 5.74) is 1.37. The highest BCUT2D eigenvalue weighted by atomic mass is 32.2. The van der Waals surface area contributed by atoms with Gasteiger partial charge in [0.2, 0.25) is 0 Å². The standard InChI is InChI=1S/C22H25NO5S/c1-14(2)21(15-8-9-17-18(12-15)27-11-10-26-17)23-20(24)13-28-22(25)16-6-4-5-7-19(16)29-3/h4-9,12,14,21H,10-11,13H2,1-3H3,(H,23,24)/t21-/m0/s1.